The molecule has 0 aromatic heterocycles. The van der Waals surface area contributed by atoms with E-state index in [-0.39, 0.29) is 6.04 Å². The molecule has 0 bridgehead atoms. The van der Waals surface area contributed by atoms with Gasteiger partial charge in [0, 0.05) is 9.37 Å². The molecule has 1 atom stereocenters. The largest absolute Gasteiger partial charge is 0.494 e. The molecule has 0 fully saturated rings. The lowest BCUT2D eigenvalue weighted by molar-refractivity contribution is 0.340. The lowest BCUT2D eigenvalue weighted by Gasteiger charge is -2.18. The maximum atomic E-state index is 6.43. The van der Waals surface area contributed by atoms with Crippen molar-refractivity contribution in [3.63, 3.8) is 0 Å². The van der Waals surface area contributed by atoms with E-state index >= 15 is 0 Å². The Morgan fingerprint density at radius 1 is 1.20 bits per heavy atom. The molecular formula is C16H18BrNOS. The van der Waals surface area contributed by atoms with Crippen molar-refractivity contribution in [2.75, 3.05) is 12.9 Å². The molecule has 2 rings (SSSR count). The standard InChI is InChI=1S/C16H18BrNOS/c1-3-19-11-8-9-12(14(17)10-11)16(18)13-6-4-5-7-15(13)20-2/h4-10,16H,3,18H2,1-2H3. The molecule has 4 heteroatoms. The molecule has 2 aromatic carbocycles. The minimum absolute atomic E-state index is 0.149. The molecule has 106 valence electrons. The van der Waals surface area contributed by atoms with Crippen LogP contribution in [0.15, 0.2) is 51.8 Å². The van der Waals surface area contributed by atoms with Crippen LogP contribution in [-0.2, 0) is 0 Å². The third-order valence-electron chi connectivity index (χ3n) is 3.09. The van der Waals surface area contributed by atoms with Gasteiger partial charge in [-0.15, -0.1) is 11.8 Å². The summed E-state index contributed by atoms with van der Waals surface area (Å²) in [6.45, 7) is 2.63. The smallest absolute Gasteiger partial charge is 0.120 e. The van der Waals surface area contributed by atoms with Gasteiger partial charge in [0.1, 0.15) is 5.75 Å². The molecule has 2 N–H and O–H groups in total. The lowest BCUT2D eigenvalue weighted by Crippen LogP contribution is -2.13. The summed E-state index contributed by atoms with van der Waals surface area (Å²) in [7, 11) is 0. The molecule has 20 heavy (non-hydrogen) atoms. The Kier molecular flexibility index (Phi) is 5.52. The summed E-state index contributed by atoms with van der Waals surface area (Å²) in [6.07, 6.45) is 2.07. The van der Waals surface area contributed by atoms with E-state index in [4.69, 9.17) is 10.5 Å². The van der Waals surface area contributed by atoms with Crippen molar-refractivity contribution < 1.29 is 4.74 Å². The highest BCUT2D eigenvalue weighted by Crippen LogP contribution is 2.33. The van der Waals surface area contributed by atoms with E-state index in [2.05, 4.69) is 34.3 Å². The maximum absolute atomic E-state index is 6.43. The number of benzene rings is 2. The molecule has 0 spiro atoms. The molecule has 1 unspecified atom stereocenters. The molecule has 0 saturated heterocycles. The molecule has 2 aromatic rings. The molecule has 0 amide bonds. The first-order valence-electron chi connectivity index (χ1n) is 6.48. The van der Waals surface area contributed by atoms with Crippen molar-refractivity contribution >= 4 is 27.7 Å². The summed E-state index contributed by atoms with van der Waals surface area (Å²) in [5.41, 5.74) is 8.64. The molecular weight excluding hydrogens is 334 g/mol. The van der Waals surface area contributed by atoms with Crippen molar-refractivity contribution in [1.29, 1.82) is 0 Å². The fourth-order valence-electron chi connectivity index (χ4n) is 2.11. The topological polar surface area (TPSA) is 35.2 Å². The van der Waals surface area contributed by atoms with Crippen molar-refractivity contribution in [2.45, 2.75) is 17.9 Å². The van der Waals surface area contributed by atoms with Crippen LogP contribution in [0.25, 0.3) is 0 Å². The Bertz CT molecular complexity index is 588. The van der Waals surface area contributed by atoms with Crippen LogP contribution in [-0.4, -0.2) is 12.9 Å². The van der Waals surface area contributed by atoms with Gasteiger partial charge in [-0.05, 0) is 42.5 Å². The van der Waals surface area contributed by atoms with E-state index in [0.29, 0.717) is 6.61 Å². The number of rotatable bonds is 5. The molecule has 0 aliphatic rings. The van der Waals surface area contributed by atoms with E-state index in [1.165, 1.54) is 4.90 Å². The molecule has 0 saturated carbocycles. The summed E-state index contributed by atoms with van der Waals surface area (Å²) >= 11 is 5.31. The number of thioether (sulfide) groups is 1. The van der Waals surface area contributed by atoms with Crippen LogP contribution in [0.3, 0.4) is 0 Å². The molecule has 0 aliphatic heterocycles. The van der Waals surface area contributed by atoms with Crippen LogP contribution in [0.1, 0.15) is 24.1 Å². The van der Waals surface area contributed by atoms with Gasteiger partial charge in [-0.2, -0.15) is 0 Å². The molecule has 0 radical (unpaired) electrons. The monoisotopic (exact) mass is 351 g/mol. The van der Waals surface area contributed by atoms with Gasteiger partial charge in [0.2, 0.25) is 0 Å². The van der Waals surface area contributed by atoms with Gasteiger partial charge in [0.25, 0.3) is 0 Å². The zero-order valence-electron chi connectivity index (χ0n) is 11.6. The second-order valence-corrected chi connectivity index (χ2v) is 6.04. The van der Waals surface area contributed by atoms with Gasteiger partial charge >= 0.3 is 0 Å². The quantitative estimate of drug-likeness (QED) is 0.798. The summed E-state index contributed by atoms with van der Waals surface area (Å²) in [6, 6.07) is 14.1. The highest BCUT2D eigenvalue weighted by atomic mass is 79.9. The van der Waals surface area contributed by atoms with Crippen LogP contribution in [0.2, 0.25) is 0 Å². The SMILES string of the molecule is CCOc1ccc(C(N)c2ccccc2SC)c(Br)c1. The third kappa shape index (κ3) is 3.37. The fraction of sp³-hybridized carbons (Fsp3) is 0.250. The molecule has 0 aliphatic carbocycles. The van der Waals surface area contributed by atoms with E-state index in [1.54, 1.807) is 11.8 Å². The number of halogens is 1. The first kappa shape index (κ1) is 15.4. The van der Waals surface area contributed by atoms with Crippen LogP contribution < -0.4 is 10.5 Å². The average Bonchev–Trinajstić information content (AvgIpc) is 2.47. The van der Waals surface area contributed by atoms with Gasteiger partial charge in [-0.25, -0.2) is 0 Å². The predicted octanol–water partition coefficient (Wildman–Crippen LogP) is 4.62. The van der Waals surface area contributed by atoms with Crippen LogP contribution >= 0.6 is 27.7 Å². The van der Waals surface area contributed by atoms with Crippen LogP contribution in [0.4, 0.5) is 0 Å². The Morgan fingerprint density at radius 2 is 1.95 bits per heavy atom. The minimum atomic E-state index is -0.149. The van der Waals surface area contributed by atoms with Crippen molar-refractivity contribution in [3.8, 4) is 5.75 Å². The van der Waals surface area contributed by atoms with Gasteiger partial charge in [-0.3, -0.25) is 0 Å². The number of hydrogen-bond acceptors (Lipinski definition) is 3. The number of hydrogen-bond donors (Lipinski definition) is 1. The fourth-order valence-corrected chi connectivity index (χ4v) is 3.36. The Labute approximate surface area is 132 Å². The summed E-state index contributed by atoms with van der Waals surface area (Å²) in [5, 5.41) is 0. The van der Waals surface area contributed by atoms with Crippen molar-refractivity contribution in [3.05, 3.63) is 58.1 Å². The van der Waals surface area contributed by atoms with Gasteiger partial charge < -0.3 is 10.5 Å². The number of ether oxygens (including phenoxy) is 1. The van der Waals surface area contributed by atoms with E-state index in [0.717, 1.165) is 21.3 Å². The Hall–Kier alpha value is -0.970. The van der Waals surface area contributed by atoms with E-state index < -0.39 is 0 Å². The highest BCUT2D eigenvalue weighted by molar-refractivity contribution is 9.10. The van der Waals surface area contributed by atoms with Crippen LogP contribution in [0, 0.1) is 0 Å². The maximum Gasteiger partial charge on any atom is 0.120 e. The van der Waals surface area contributed by atoms with Gasteiger partial charge in [0.05, 0.1) is 12.6 Å². The van der Waals surface area contributed by atoms with Crippen LogP contribution in [0.5, 0.6) is 5.75 Å². The zero-order valence-corrected chi connectivity index (χ0v) is 14.0. The second kappa shape index (κ2) is 7.16. The lowest BCUT2D eigenvalue weighted by atomic mass is 9.99. The first-order chi connectivity index (χ1) is 9.67. The third-order valence-corrected chi connectivity index (χ3v) is 4.59. The normalized spacial score (nSPS) is 12.2. The first-order valence-corrected chi connectivity index (χ1v) is 8.50. The van der Waals surface area contributed by atoms with E-state index in [1.807, 2.05) is 37.3 Å². The Balaban J connectivity index is 2.35. The minimum Gasteiger partial charge on any atom is -0.494 e. The summed E-state index contributed by atoms with van der Waals surface area (Å²) < 4.78 is 6.48. The Morgan fingerprint density at radius 3 is 2.60 bits per heavy atom. The van der Waals surface area contributed by atoms with Gasteiger partial charge in [0.15, 0.2) is 0 Å². The average molecular weight is 352 g/mol. The summed E-state index contributed by atoms with van der Waals surface area (Å²) in [4.78, 5) is 1.21. The van der Waals surface area contributed by atoms with Gasteiger partial charge in [-0.1, -0.05) is 40.2 Å². The van der Waals surface area contributed by atoms with Crippen molar-refractivity contribution in [2.24, 2.45) is 5.73 Å². The summed E-state index contributed by atoms with van der Waals surface area (Å²) in [5.74, 6) is 0.855. The molecule has 0 heterocycles. The van der Waals surface area contributed by atoms with Crippen molar-refractivity contribution in [1.82, 2.24) is 0 Å². The molecule has 2 nitrogen and oxygen atoms in total. The second-order valence-electron chi connectivity index (χ2n) is 4.34. The highest BCUT2D eigenvalue weighted by Gasteiger charge is 2.15. The van der Waals surface area contributed by atoms with E-state index in [9.17, 15) is 0 Å². The zero-order chi connectivity index (χ0) is 14.5. The number of nitrogens with two attached hydrogens (primary N) is 1. The predicted molar refractivity (Wildman–Crippen MR) is 89.6 cm³/mol.